The van der Waals surface area contributed by atoms with E-state index < -0.39 is 5.82 Å². The summed E-state index contributed by atoms with van der Waals surface area (Å²) in [6.07, 6.45) is 3.64. The van der Waals surface area contributed by atoms with Gasteiger partial charge >= 0.3 is 0 Å². The van der Waals surface area contributed by atoms with Crippen LogP contribution in [0.1, 0.15) is 42.3 Å². The molecule has 1 unspecified atom stereocenters. The van der Waals surface area contributed by atoms with Crippen molar-refractivity contribution in [1.82, 2.24) is 15.5 Å². The van der Waals surface area contributed by atoms with Crippen LogP contribution < -0.4 is 5.32 Å². The first-order valence-corrected chi connectivity index (χ1v) is 9.15. The summed E-state index contributed by atoms with van der Waals surface area (Å²) in [5, 5.41) is 6.92. The molecule has 0 aliphatic heterocycles. The van der Waals surface area contributed by atoms with Crippen LogP contribution in [0.2, 0.25) is 0 Å². The Bertz CT molecular complexity index is 954. The van der Waals surface area contributed by atoms with Crippen molar-refractivity contribution in [3.8, 4) is 11.4 Å². The van der Waals surface area contributed by atoms with Crippen molar-refractivity contribution in [1.29, 1.82) is 0 Å². The molecule has 1 aliphatic carbocycles. The molecule has 5 nitrogen and oxygen atoms in total. The summed E-state index contributed by atoms with van der Waals surface area (Å²) >= 11 is 0. The van der Waals surface area contributed by atoms with E-state index in [1.807, 2.05) is 12.1 Å². The number of hydrogen-bond donors (Lipinski definition) is 1. The molecule has 27 heavy (non-hydrogen) atoms. The molecule has 1 N–H and O–H groups in total. The smallest absolute Gasteiger partial charge is 0.227 e. The molecule has 1 amide bonds. The minimum absolute atomic E-state index is 0.0534. The van der Waals surface area contributed by atoms with E-state index in [4.69, 9.17) is 4.52 Å². The zero-order valence-corrected chi connectivity index (χ0v) is 14.8. The minimum Gasteiger partial charge on any atom is -0.349 e. The van der Waals surface area contributed by atoms with E-state index in [9.17, 15) is 9.18 Å². The summed E-state index contributed by atoms with van der Waals surface area (Å²) in [4.78, 5) is 16.6. The second kappa shape index (κ2) is 7.70. The molecule has 3 aromatic rings. The van der Waals surface area contributed by atoms with E-state index in [2.05, 4.69) is 27.6 Å². The van der Waals surface area contributed by atoms with Gasteiger partial charge in [-0.25, -0.2) is 4.39 Å². The second-order valence-electron chi connectivity index (χ2n) is 6.70. The molecule has 0 fully saturated rings. The summed E-state index contributed by atoms with van der Waals surface area (Å²) < 4.78 is 19.0. The molecule has 6 heteroatoms. The molecular weight excluding hydrogens is 345 g/mol. The SMILES string of the molecule is O=C(CCc1nc(-c2ccccc2F)no1)NC1CCCc2ccccc21. The van der Waals surface area contributed by atoms with E-state index in [0.717, 1.165) is 19.3 Å². The number of rotatable bonds is 5. The molecule has 1 aliphatic rings. The Morgan fingerprint density at radius 2 is 2.00 bits per heavy atom. The molecule has 0 spiro atoms. The van der Waals surface area contributed by atoms with Crippen molar-refractivity contribution >= 4 is 5.91 Å². The third-order valence-corrected chi connectivity index (χ3v) is 4.85. The number of aryl methyl sites for hydroxylation is 2. The standard InChI is InChI=1S/C21H20FN3O2/c22-17-10-4-3-9-16(17)21-24-20(27-25-21)13-12-19(26)23-18-11-5-7-14-6-1-2-8-15(14)18/h1-4,6,8-10,18H,5,7,11-13H2,(H,23,26). The van der Waals surface area contributed by atoms with Crippen molar-refractivity contribution in [2.45, 2.75) is 38.1 Å². The fourth-order valence-corrected chi connectivity index (χ4v) is 3.50. The maximum Gasteiger partial charge on any atom is 0.227 e. The predicted octanol–water partition coefficient (Wildman–Crippen LogP) is 4.00. The number of nitrogens with one attached hydrogen (secondary N) is 1. The van der Waals surface area contributed by atoms with E-state index >= 15 is 0 Å². The van der Waals surface area contributed by atoms with Crippen LogP contribution in [0.3, 0.4) is 0 Å². The van der Waals surface area contributed by atoms with Gasteiger partial charge in [0.1, 0.15) is 5.82 Å². The Hall–Kier alpha value is -3.02. The molecule has 1 atom stereocenters. The van der Waals surface area contributed by atoms with Gasteiger partial charge in [0.15, 0.2) is 0 Å². The van der Waals surface area contributed by atoms with Crippen molar-refractivity contribution in [2.75, 3.05) is 0 Å². The fourth-order valence-electron chi connectivity index (χ4n) is 3.50. The highest BCUT2D eigenvalue weighted by molar-refractivity contribution is 5.76. The number of hydrogen-bond acceptors (Lipinski definition) is 4. The van der Waals surface area contributed by atoms with E-state index in [1.165, 1.54) is 17.2 Å². The van der Waals surface area contributed by atoms with E-state index in [1.54, 1.807) is 18.2 Å². The lowest BCUT2D eigenvalue weighted by Gasteiger charge is -2.26. The number of carbonyl (C=O) groups excluding carboxylic acids is 1. The number of aromatic nitrogens is 2. The van der Waals surface area contributed by atoms with Gasteiger partial charge in [-0.05, 0) is 42.5 Å². The Kier molecular flexibility index (Phi) is 4.96. The fraction of sp³-hybridized carbons (Fsp3) is 0.286. The van der Waals surface area contributed by atoms with E-state index in [-0.39, 0.29) is 29.8 Å². The molecule has 4 rings (SSSR count). The van der Waals surface area contributed by atoms with Crippen molar-refractivity contribution in [2.24, 2.45) is 0 Å². The second-order valence-corrected chi connectivity index (χ2v) is 6.70. The minimum atomic E-state index is -0.404. The lowest BCUT2D eigenvalue weighted by molar-refractivity contribution is -0.122. The third kappa shape index (κ3) is 3.89. The Balaban J connectivity index is 1.36. The maximum atomic E-state index is 13.8. The van der Waals surface area contributed by atoms with Crippen LogP contribution in [0.5, 0.6) is 0 Å². The number of halogens is 1. The summed E-state index contributed by atoms with van der Waals surface area (Å²) in [6.45, 7) is 0. The zero-order chi connectivity index (χ0) is 18.6. The lowest BCUT2D eigenvalue weighted by atomic mass is 9.87. The molecular formula is C21H20FN3O2. The van der Waals surface area contributed by atoms with Crippen molar-refractivity contribution in [3.63, 3.8) is 0 Å². The Labute approximate surface area is 156 Å². The Morgan fingerprint density at radius 3 is 2.89 bits per heavy atom. The third-order valence-electron chi connectivity index (χ3n) is 4.85. The molecule has 0 bridgehead atoms. The quantitative estimate of drug-likeness (QED) is 0.742. The number of carbonyl (C=O) groups is 1. The number of amides is 1. The highest BCUT2D eigenvalue weighted by Gasteiger charge is 2.21. The average molecular weight is 365 g/mol. The van der Waals surface area contributed by atoms with Gasteiger partial charge in [-0.2, -0.15) is 4.98 Å². The van der Waals surface area contributed by atoms with Crippen LogP contribution >= 0.6 is 0 Å². The van der Waals surface area contributed by atoms with Gasteiger partial charge in [0.2, 0.25) is 17.6 Å². The van der Waals surface area contributed by atoms with Gasteiger partial charge in [-0.3, -0.25) is 4.79 Å². The number of benzene rings is 2. The number of fused-ring (bicyclic) bond motifs is 1. The molecule has 0 saturated carbocycles. The van der Waals surface area contributed by atoms with Crippen molar-refractivity contribution in [3.05, 3.63) is 71.4 Å². The summed E-state index contributed by atoms with van der Waals surface area (Å²) in [5.41, 5.74) is 2.80. The molecule has 0 radical (unpaired) electrons. The highest BCUT2D eigenvalue weighted by atomic mass is 19.1. The van der Waals surface area contributed by atoms with Crippen LogP contribution in [0.25, 0.3) is 11.4 Å². The van der Waals surface area contributed by atoms with Crippen LogP contribution in [0, 0.1) is 5.82 Å². The normalized spacial score (nSPS) is 16.0. The van der Waals surface area contributed by atoms with Gasteiger partial charge in [-0.1, -0.05) is 41.6 Å². The van der Waals surface area contributed by atoms with Crippen molar-refractivity contribution < 1.29 is 13.7 Å². The zero-order valence-electron chi connectivity index (χ0n) is 14.8. The summed E-state index contributed by atoms with van der Waals surface area (Å²) in [5.74, 6) is 0.0677. The predicted molar refractivity (Wildman–Crippen MR) is 98.3 cm³/mol. The first kappa shape index (κ1) is 17.4. The van der Waals surface area contributed by atoms with Crippen LogP contribution in [-0.4, -0.2) is 16.0 Å². The van der Waals surface area contributed by atoms with Gasteiger partial charge in [0.25, 0.3) is 0 Å². The topological polar surface area (TPSA) is 68.0 Å². The lowest BCUT2D eigenvalue weighted by Crippen LogP contribution is -2.31. The molecule has 1 heterocycles. The van der Waals surface area contributed by atoms with Crippen LogP contribution in [0.4, 0.5) is 4.39 Å². The number of nitrogens with zero attached hydrogens (tertiary/aromatic N) is 2. The molecule has 138 valence electrons. The van der Waals surface area contributed by atoms with E-state index in [0.29, 0.717) is 12.3 Å². The summed E-state index contributed by atoms with van der Waals surface area (Å²) in [6, 6.07) is 14.6. The van der Waals surface area contributed by atoms with Crippen LogP contribution in [0.15, 0.2) is 53.1 Å². The van der Waals surface area contributed by atoms with Gasteiger partial charge in [0.05, 0.1) is 11.6 Å². The first-order valence-electron chi connectivity index (χ1n) is 9.15. The monoisotopic (exact) mass is 365 g/mol. The molecule has 2 aromatic carbocycles. The summed E-state index contributed by atoms with van der Waals surface area (Å²) in [7, 11) is 0. The highest BCUT2D eigenvalue weighted by Crippen LogP contribution is 2.29. The van der Waals surface area contributed by atoms with Gasteiger partial charge in [0, 0.05) is 12.8 Å². The van der Waals surface area contributed by atoms with Crippen LogP contribution in [-0.2, 0) is 17.6 Å². The van der Waals surface area contributed by atoms with Gasteiger partial charge < -0.3 is 9.84 Å². The Morgan fingerprint density at radius 1 is 1.19 bits per heavy atom. The van der Waals surface area contributed by atoms with Gasteiger partial charge in [-0.15, -0.1) is 0 Å². The largest absolute Gasteiger partial charge is 0.349 e. The maximum absolute atomic E-state index is 13.8. The first-order chi connectivity index (χ1) is 13.2. The molecule has 1 aromatic heterocycles. The molecule has 0 saturated heterocycles. The average Bonchev–Trinajstić information content (AvgIpc) is 3.16.